The van der Waals surface area contributed by atoms with Crippen LogP contribution >= 0.6 is 0 Å². The van der Waals surface area contributed by atoms with E-state index in [0.29, 0.717) is 24.6 Å². The summed E-state index contributed by atoms with van der Waals surface area (Å²) in [6.07, 6.45) is 3.15. The van der Waals surface area contributed by atoms with Crippen LogP contribution in [0.1, 0.15) is 28.4 Å². The highest BCUT2D eigenvalue weighted by Crippen LogP contribution is 2.43. The molecule has 5 rings (SSSR count). The Morgan fingerprint density at radius 3 is 2.15 bits per heavy atom. The third-order valence-electron chi connectivity index (χ3n) is 6.40. The van der Waals surface area contributed by atoms with Gasteiger partial charge in [-0.05, 0) is 30.2 Å². The minimum absolute atomic E-state index is 0.0623. The van der Waals surface area contributed by atoms with Gasteiger partial charge in [0.2, 0.25) is 11.5 Å². The van der Waals surface area contributed by atoms with Crippen molar-refractivity contribution in [2.75, 3.05) is 31.0 Å². The molecule has 0 aliphatic carbocycles. The molecule has 0 saturated carbocycles. The van der Waals surface area contributed by atoms with Gasteiger partial charge >= 0.3 is 0 Å². The van der Waals surface area contributed by atoms with Gasteiger partial charge in [-0.1, -0.05) is 60.7 Å². The zero-order valence-electron chi connectivity index (χ0n) is 22.3. The Labute approximate surface area is 232 Å². The van der Waals surface area contributed by atoms with Crippen LogP contribution in [0.5, 0.6) is 17.2 Å². The zero-order valence-corrected chi connectivity index (χ0v) is 22.3. The average molecular weight is 544 g/mol. The highest BCUT2D eigenvalue weighted by Gasteiger charge is 2.34. The van der Waals surface area contributed by atoms with Gasteiger partial charge in [0.25, 0.3) is 5.91 Å². The number of carbonyl (C=O) groups is 1. The smallest absolute Gasteiger partial charge is 0.258 e. The van der Waals surface area contributed by atoms with Crippen LogP contribution in [0, 0.1) is 5.82 Å². The monoisotopic (exact) mass is 543 g/mol. The summed E-state index contributed by atoms with van der Waals surface area (Å²) >= 11 is 0. The standard InChI is InChI=1S/C31H30FN3O5/c1-31(19-38-20-31)35-25-16-33-14-13-24(25)34-30(36)23-15-26(37-2)28(39-17-21-9-5-3-6-10-21)29(27(23)32)40-18-22-11-7-4-8-12-22/h3-16,35H,17-20H2,1-2H3,(H,33,34,36). The number of halogens is 1. The van der Waals surface area contributed by atoms with Crippen LogP contribution in [0.3, 0.4) is 0 Å². The van der Waals surface area contributed by atoms with E-state index in [-0.39, 0.29) is 41.6 Å². The first-order valence-electron chi connectivity index (χ1n) is 12.8. The molecule has 0 atom stereocenters. The third kappa shape index (κ3) is 6.16. The van der Waals surface area contributed by atoms with E-state index in [1.165, 1.54) is 13.2 Å². The van der Waals surface area contributed by atoms with Crippen molar-refractivity contribution in [3.8, 4) is 17.2 Å². The van der Waals surface area contributed by atoms with Crippen molar-refractivity contribution in [1.29, 1.82) is 0 Å². The summed E-state index contributed by atoms with van der Waals surface area (Å²) in [5.74, 6) is -1.52. The largest absolute Gasteiger partial charge is 0.493 e. The summed E-state index contributed by atoms with van der Waals surface area (Å²) in [5, 5.41) is 6.14. The van der Waals surface area contributed by atoms with E-state index < -0.39 is 11.7 Å². The highest BCUT2D eigenvalue weighted by atomic mass is 19.1. The predicted octanol–water partition coefficient (Wildman–Crippen LogP) is 5.84. The molecule has 1 aliphatic heterocycles. The van der Waals surface area contributed by atoms with Crippen molar-refractivity contribution in [3.05, 3.63) is 108 Å². The van der Waals surface area contributed by atoms with Crippen LogP contribution in [0.15, 0.2) is 85.2 Å². The van der Waals surface area contributed by atoms with Crippen molar-refractivity contribution in [1.82, 2.24) is 4.98 Å². The normalized spacial score (nSPS) is 13.6. The first-order chi connectivity index (χ1) is 19.5. The highest BCUT2D eigenvalue weighted by molar-refractivity contribution is 6.06. The van der Waals surface area contributed by atoms with Gasteiger partial charge in [-0.3, -0.25) is 9.78 Å². The zero-order chi connectivity index (χ0) is 28.0. The number of aromatic nitrogens is 1. The molecule has 1 aromatic heterocycles. The fraction of sp³-hybridized carbons (Fsp3) is 0.226. The maximum Gasteiger partial charge on any atom is 0.258 e. The molecule has 9 heteroatoms. The Morgan fingerprint density at radius 1 is 0.950 bits per heavy atom. The first-order valence-corrected chi connectivity index (χ1v) is 12.8. The number of carbonyl (C=O) groups excluding carboxylic acids is 1. The van der Waals surface area contributed by atoms with Crippen LogP contribution in [0.25, 0.3) is 0 Å². The number of nitrogens with zero attached hydrogens (tertiary/aromatic N) is 1. The summed E-state index contributed by atoms with van der Waals surface area (Å²) in [5.41, 5.74) is 2.20. The molecule has 0 unspecified atom stereocenters. The molecule has 0 spiro atoms. The lowest BCUT2D eigenvalue weighted by Gasteiger charge is -2.39. The third-order valence-corrected chi connectivity index (χ3v) is 6.40. The number of anilines is 2. The summed E-state index contributed by atoms with van der Waals surface area (Å²) in [4.78, 5) is 17.6. The number of hydrogen-bond donors (Lipinski definition) is 2. The van der Waals surface area contributed by atoms with Crippen LogP contribution in [-0.4, -0.2) is 36.8 Å². The van der Waals surface area contributed by atoms with E-state index in [0.717, 1.165) is 11.1 Å². The van der Waals surface area contributed by atoms with Gasteiger partial charge in [0.05, 0.1) is 49.0 Å². The summed E-state index contributed by atoms with van der Waals surface area (Å²) in [6.45, 7) is 3.26. The number of benzene rings is 3. The summed E-state index contributed by atoms with van der Waals surface area (Å²) in [6, 6.07) is 21.8. The minimum atomic E-state index is -0.861. The maximum absolute atomic E-state index is 16.1. The Bertz CT molecular complexity index is 1460. The summed E-state index contributed by atoms with van der Waals surface area (Å²) in [7, 11) is 1.43. The minimum Gasteiger partial charge on any atom is -0.493 e. The number of pyridine rings is 1. The quantitative estimate of drug-likeness (QED) is 0.246. The van der Waals surface area contributed by atoms with Gasteiger partial charge < -0.3 is 29.6 Å². The fourth-order valence-corrected chi connectivity index (χ4v) is 4.23. The second kappa shape index (κ2) is 12.0. The van der Waals surface area contributed by atoms with Gasteiger partial charge in [0.1, 0.15) is 13.2 Å². The lowest BCUT2D eigenvalue weighted by molar-refractivity contribution is -0.0318. The predicted molar refractivity (Wildman–Crippen MR) is 150 cm³/mol. The van der Waals surface area contributed by atoms with Gasteiger partial charge in [0, 0.05) is 6.20 Å². The summed E-state index contributed by atoms with van der Waals surface area (Å²) < 4.78 is 38.9. The maximum atomic E-state index is 16.1. The Kier molecular flexibility index (Phi) is 8.12. The Morgan fingerprint density at radius 2 is 1.57 bits per heavy atom. The van der Waals surface area contributed by atoms with Gasteiger partial charge in [-0.2, -0.15) is 0 Å². The second-order valence-corrected chi connectivity index (χ2v) is 9.70. The molecule has 2 heterocycles. The van der Waals surface area contributed by atoms with E-state index >= 15 is 4.39 Å². The van der Waals surface area contributed by atoms with E-state index in [1.54, 1.807) is 18.5 Å². The van der Waals surface area contributed by atoms with E-state index in [1.807, 2.05) is 67.6 Å². The topological polar surface area (TPSA) is 90.9 Å². The number of methoxy groups -OCH3 is 1. The molecule has 8 nitrogen and oxygen atoms in total. The van der Waals surface area contributed by atoms with Crippen molar-refractivity contribution < 1.29 is 28.1 Å². The van der Waals surface area contributed by atoms with Gasteiger partial charge in [-0.15, -0.1) is 0 Å². The number of amides is 1. The number of ether oxygens (including phenoxy) is 4. The molecule has 1 saturated heterocycles. The molecule has 3 aromatic carbocycles. The van der Waals surface area contributed by atoms with Crippen molar-refractivity contribution in [2.24, 2.45) is 0 Å². The molecular weight excluding hydrogens is 513 g/mol. The number of rotatable bonds is 11. The molecule has 1 amide bonds. The Hall–Kier alpha value is -4.63. The van der Waals surface area contributed by atoms with E-state index in [4.69, 9.17) is 18.9 Å². The molecule has 40 heavy (non-hydrogen) atoms. The van der Waals surface area contributed by atoms with Gasteiger partial charge in [0.15, 0.2) is 11.6 Å². The van der Waals surface area contributed by atoms with Crippen molar-refractivity contribution >= 4 is 17.3 Å². The molecule has 1 fully saturated rings. The average Bonchev–Trinajstić information content (AvgIpc) is 2.96. The van der Waals surface area contributed by atoms with Gasteiger partial charge in [-0.25, -0.2) is 4.39 Å². The lowest BCUT2D eigenvalue weighted by atomic mass is 10.0. The molecule has 0 bridgehead atoms. The van der Waals surface area contributed by atoms with E-state index in [2.05, 4.69) is 15.6 Å². The van der Waals surface area contributed by atoms with E-state index in [9.17, 15) is 4.79 Å². The molecular formula is C31H30FN3O5. The van der Waals surface area contributed by atoms with Crippen molar-refractivity contribution in [3.63, 3.8) is 0 Å². The second-order valence-electron chi connectivity index (χ2n) is 9.70. The molecule has 206 valence electrons. The number of hydrogen-bond acceptors (Lipinski definition) is 7. The van der Waals surface area contributed by atoms with Crippen LogP contribution < -0.4 is 24.8 Å². The molecule has 2 N–H and O–H groups in total. The molecule has 0 radical (unpaired) electrons. The molecule has 1 aliphatic rings. The fourth-order valence-electron chi connectivity index (χ4n) is 4.23. The number of nitrogens with one attached hydrogen (secondary N) is 2. The first kappa shape index (κ1) is 27.0. The van der Waals surface area contributed by atoms with Crippen LogP contribution in [0.4, 0.5) is 15.8 Å². The van der Waals surface area contributed by atoms with Crippen LogP contribution in [-0.2, 0) is 18.0 Å². The van der Waals surface area contributed by atoms with Crippen molar-refractivity contribution in [2.45, 2.75) is 25.7 Å². The van der Waals surface area contributed by atoms with Crippen LogP contribution in [0.2, 0.25) is 0 Å². The Balaban J connectivity index is 1.46. The SMILES string of the molecule is COc1cc(C(=O)Nc2ccncc2NC2(C)COC2)c(F)c(OCc2ccccc2)c1OCc1ccccc1. The lowest BCUT2D eigenvalue weighted by Crippen LogP contribution is -2.53. The molecule has 4 aromatic rings.